The highest BCUT2D eigenvalue weighted by atomic mass is 35.5. The molecule has 38 heavy (non-hydrogen) atoms. The van der Waals surface area contributed by atoms with Gasteiger partial charge in [0, 0.05) is 60.0 Å². The number of carbonyl (C=O) groups is 1. The van der Waals surface area contributed by atoms with E-state index in [-0.39, 0.29) is 16.9 Å². The summed E-state index contributed by atoms with van der Waals surface area (Å²) in [5.41, 5.74) is 2.71. The Balaban J connectivity index is 1.42. The molecule has 2 heterocycles. The zero-order valence-electron chi connectivity index (χ0n) is 21.1. The summed E-state index contributed by atoms with van der Waals surface area (Å²) in [7, 11) is 0. The zero-order chi connectivity index (χ0) is 26.3. The lowest BCUT2D eigenvalue weighted by molar-refractivity contribution is 0.0342. The van der Waals surface area contributed by atoms with Crippen LogP contribution in [0.15, 0.2) is 88.7 Å². The normalized spacial score (nSPS) is 14.0. The minimum Gasteiger partial charge on any atom is -0.379 e. The van der Waals surface area contributed by atoms with Crippen LogP contribution in [0.5, 0.6) is 0 Å². The number of aromatic nitrogens is 1. The molecule has 6 nitrogen and oxygen atoms in total. The van der Waals surface area contributed by atoms with Crippen LogP contribution < -0.4 is 10.7 Å². The first-order valence-electron chi connectivity index (χ1n) is 12.7. The Hall–Kier alpha value is -3.10. The third kappa shape index (κ3) is 6.66. The van der Waals surface area contributed by atoms with E-state index in [4.69, 9.17) is 16.3 Å². The van der Waals surface area contributed by atoms with Crippen molar-refractivity contribution in [3.8, 4) is 0 Å². The van der Waals surface area contributed by atoms with E-state index in [2.05, 4.69) is 28.4 Å². The van der Waals surface area contributed by atoms with Crippen LogP contribution in [-0.2, 0) is 24.4 Å². The van der Waals surface area contributed by atoms with Gasteiger partial charge in [-0.15, -0.1) is 11.8 Å². The second-order valence-electron chi connectivity index (χ2n) is 9.28. The maximum absolute atomic E-state index is 13.6. The topological polar surface area (TPSA) is 63.6 Å². The van der Waals surface area contributed by atoms with Crippen molar-refractivity contribution < 1.29 is 9.53 Å². The van der Waals surface area contributed by atoms with Crippen molar-refractivity contribution in [2.24, 2.45) is 0 Å². The monoisotopic (exact) mass is 547 g/mol. The van der Waals surface area contributed by atoms with Crippen LogP contribution >= 0.6 is 23.4 Å². The van der Waals surface area contributed by atoms with E-state index >= 15 is 0 Å². The van der Waals surface area contributed by atoms with Gasteiger partial charge < -0.3 is 14.6 Å². The van der Waals surface area contributed by atoms with Crippen molar-refractivity contribution in [2.45, 2.75) is 24.5 Å². The fourth-order valence-corrected chi connectivity index (χ4v) is 5.56. The van der Waals surface area contributed by atoms with Gasteiger partial charge in [-0.05, 0) is 47.5 Å². The standard InChI is InChI=1S/C30H30ClN3O3S/c31-24-9-6-22(7-10-24)19-32-30(36)27-21-34(14-17-38-25-4-2-1-3-5-25)28-11-8-23(18-26(28)29(27)35)20-33-12-15-37-16-13-33/h1-11,18,21H,12-17,19-20H2,(H,32,36). The number of rotatable bonds is 9. The number of fused-ring (bicyclic) bond motifs is 1. The molecule has 0 unspecified atom stereocenters. The predicted octanol–water partition coefficient (Wildman–Crippen LogP) is 5.21. The third-order valence-electron chi connectivity index (χ3n) is 6.61. The van der Waals surface area contributed by atoms with Gasteiger partial charge in [0.1, 0.15) is 5.56 Å². The van der Waals surface area contributed by atoms with Gasteiger partial charge in [0.05, 0.1) is 18.7 Å². The van der Waals surface area contributed by atoms with E-state index in [1.54, 1.807) is 30.1 Å². The lowest BCUT2D eigenvalue weighted by Gasteiger charge is -2.26. The number of nitrogens with one attached hydrogen (secondary N) is 1. The van der Waals surface area contributed by atoms with Gasteiger partial charge in [-0.3, -0.25) is 14.5 Å². The molecular weight excluding hydrogens is 518 g/mol. The van der Waals surface area contributed by atoms with Gasteiger partial charge in [-0.2, -0.15) is 0 Å². The second-order valence-corrected chi connectivity index (χ2v) is 10.9. The van der Waals surface area contributed by atoms with Crippen LogP contribution in [0.25, 0.3) is 10.9 Å². The fourth-order valence-electron chi connectivity index (χ4n) is 4.57. The van der Waals surface area contributed by atoms with Crippen LogP contribution in [0.3, 0.4) is 0 Å². The van der Waals surface area contributed by atoms with Gasteiger partial charge >= 0.3 is 0 Å². The molecule has 1 aliphatic heterocycles. The summed E-state index contributed by atoms with van der Waals surface area (Å²) in [6, 6.07) is 23.6. The summed E-state index contributed by atoms with van der Waals surface area (Å²) in [6.07, 6.45) is 1.70. The van der Waals surface area contributed by atoms with Crippen molar-refractivity contribution in [3.63, 3.8) is 0 Å². The van der Waals surface area contributed by atoms with E-state index in [9.17, 15) is 9.59 Å². The largest absolute Gasteiger partial charge is 0.379 e. The van der Waals surface area contributed by atoms with Crippen LogP contribution in [0.2, 0.25) is 5.02 Å². The highest BCUT2D eigenvalue weighted by molar-refractivity contribution is 7.99. The molecule has 3 aromatic carbocycles. The van der Waals surface area contributed by atoms with Gasteiger partial charge in [-0.1, -0.05) is 48.0 Å². The number of hydrogen-bond donors (Lipinski definition) is 1. The Morgan fingerprint density at radius 1 is 0.974 bits per heavy atom. The van der Waals surface area contributed by atoms with Crippen molar-refractivity contribution in [1.29, 1.82) is 0 Å². The number of thioether (sulfide) groups is 1. The van der Waals surface area contributed by atoms with E-state index in [0.717, 1.165) is 55.2 Å². The molecule has 0 bridgehead atoms. The summed E-state index contributed by atoms with van der Waals surface area (Å²) < 4.78 is 7.50. The van der Waals surface area contributed by atoms with Crippen LogP contribution in [-0.4, -0.2) is 47.4 Å². The average molecular weight is 548 g/mol. The molecule has 1 N–H and O–H groups in total. The van der Waals surface area contributed by atoms with Gasteiger partial charge in [0.15, 0.2) is 0 Å². The summed E-state index contributed by atoms with van der Waals surface area (Å²) in [5.74, 6) is 0.429. The predicted molar refractivity (Wildman–Crippen MR) is 154 cm³/mol. The van der Waals surface area contributed by atoms with Crippen molar-refractivity contribution in [3.05, 3.63) is 111 Å². The lowest BCUT2D eigenvalue weighted by atomic mass is 10.1. The van der Waals surface area contributed by atoms with Gasteiger partial charge in [0.2, 0.25) is 5.43 Å². The Labute approximate surface area is 231 Å². The van der Waals surface area contributed by atoms with E-state index in [1.807, 2.05) is 47.0 Å². The molecule has 1 fully saturated rings. The van der Waals surface area contributed by atoms with Crippen LogP contribution in [0.1, 0.15) is 21.5 Å². The first-order chi connectivity index (χ1) is 18.6. The molecule has 1 aliphatic rings. The fraction of sp³-hybridized carbons (Fsp3) is 0.267. The Morgan fingerprint density at radius 3 is 2.47 bits per heavy atom. The van der Waals surface area contributed by atoms with Crippen molar-refractivity contribution >= 4 is 40.2 Å². The molecule has 0 radical (unpaired) electrons. The number of morpholine rings is 1. The van der Waals surface area contributed by atoms with Gasteiger partial charge in [0.25, 0.3) is 5.91 Å². The number of aryl methyl sites for hydroxylation is 1. The van der Waals surface area contributed by atoms with Gasteiger partial charge in [-0.25, -0.2) is 0 Å². The van der Waals surface area contributed by atoms with Crippen molar-refractivity contribution in [1.82, 2.24) is 14.8 Å². The van der Waals surface area contributed by atoms with Crippen molar-refractivity contribution in [2.75, 3.05) is 32.1 Å². The van der Waals surface area contributed by atoms with Crippen LogP contribution in [0.4, 0.5) is 0 Å². The number of halogens is 1. The zero-order valence-corrected chi connectivity index (χ0v) is 22.6. The number of carbonyl (C=O) groups excluding carboxylic acids is 1. The minimum absolute atomic E-state index is 0.152. The maximum atomic E-state index is 13.6. The number of ether oxygens (including phenoxy) is 1. The molecule has 5 rings (SSSR count). The smallest absolute Gasteiger partial charge is 0.257 e. The summed E-state index contributed by atoms with van der Waals surface area (Å²) >= 11 is 7.73. The number of benzene rings is 3. The molecule has 4 aromatic rings. The SMILES string of the molecule is O=C(NCc1ccc(Cl)cc1)c1cn(CCSc2ccccc2)c2ccc(CN3CCOCC3)cc2c1=O. The first kappa shape index (κ1) is 26.5. The molecule has 1 aromatic heterocycles. The summed E-state index contributed by atoms with van der Waals surface area (Å²) in [4.78, 5) is 30.3. The number of hydrogen-bond acceptors (Lipinski definition) is 5. The molecule has 0 aliphatic carbocycles. The molecule has 1 saturated heterocycles. The molecule has 0 atom stereocenters. The summed E-state index contributed by atoms with van der Waals surface area (Å²) in [6.45, 7) is 4.90. The maximum Gasteiger partial charge on any atom is 0.257 e. The molecule has 0 spiro atoms. The molecule has 1 amide bonds. The summed E-state index contributed by atoms with van der Waals surface area (Å²) in [5, 5.41) is 4.11. The number of amides is 1. The van der Waals surface area contributed by atoms with E-state index < -0.39 is 0 Å². The number of pyridine rings is 1. The molecule has 0 saturated carbocycles. The highest BCUT2D eigenvalue weighted by Crippen LogP contribution is 2.21. The molecule has 196 valence electrons. The third-order valence-corrected chi connectivity index (χ3v) is 7.85. The highest BCUT2D eigenvalue weighted by Gasteiger charge is 2.17. The quantitative estimate of drug-likeness (QED) is 0.291. The average Bonchev–Trinajstić information content (AvgIpc) is 2.95. The first-order valence-corrected chi connectivity index (χ1v) is 14.1. The Bertz CT molecular complexity index is 1450. The van der Waals surface area contributed by atoms with Crippen LogP contribution in [0, 0.1) is 0 Å². The Morgan fingerprint density at radius 2 is 1.71 bits per heavy atom. The second kappa shape index (κ2) is 12.6. The molecule has 8 heteroatoms. The van der Waals surface area contributed by atoms with E-state index in [1.165, 1.54) is 4.90 Å². The lowest BCUT2D eigenvalue weighted by Crippen LogP contribution is -2.35. The van der Waals surface area contributed by atoms with E-state index in [0.29, 0.717) is 23.5 Å². The minimum atomic E-state index is -0.380. The molecular formula is C30H30ClN3O3S. The number of nitrogens with zero attached hydrogens (tertiary/aromatic N) is 2. The Kier molecular flexibility index (Phi) is 8.81.